The van der Waals surface area contributed by atoms with E-state index in [9.17, 15) is 0 Å². The van der Waals surface area contributed by atoms with Crippen molar-refractivity contribution in [2.24, 2.45) is 5.41 Å². The van der Waals surface area contributed by atoms with Crippen LogP contribution in [0.1, 0.15) is 45.6 Å². The molecule has 5 nitrogen and oxygen atoms in total. The van der Waals surface area contributed by atoms with Crippen LogP contribution >= 0.6 is 15.9 Å². The van der Waals surface area contributed by atoms with Gasteiger partial charge in [-0.2, -0.15) is 0 Å². The molecular formula is C15H20BrN5. The molecule has 6 heteroatoms. The fraction of sp³-hybridized carbons (Fsp3) is 0.533. The minimum atomic E-state index is 0.378. The fourth-order valence-corrected chi connectivity index (χ4v) is 3.51. The van der Waals surface area contributed by atoms with E-state index < -0.39 is 0 Å². The normalized spacial score (nSPS) is 18.8. The van der Waals surface area contributed by atoms with E-state index in [4.69, 9.17) is 5.73 Å². The molecule has 21 heavy (non-hydrogen) atoms. The minimum absolute atomic E-state index is 0.378. The largest absolute Gasteiger partial charge is 0.399 e. The maximum atomic E-state index is 5.92. The molecular weight excluding hydrogens is 330 g/mol. The maximum absolute atomic E-state index is 5.92. The van der Waals surface area contributed by atoms with Gasteiger partial charge in [0.15, 0.2) is 5.82 Å². The number of nitrogens with two attached hydrogens (primary N) is 1. The number of hydrogen-bond donors (Lipinski definition) is 1. The van der Waals surface area contributed by atoms with E-state index in [2.05, 4.69) is 45.3 Å². The van der Waals surface area contributed by atoms with Gasteiger partial charge in [-0.1, -0.05) is 29.8 Å². The molecule has 1 aliphatic carbocycles. The molecule has 0 radical (unpaired) electrons. The Labute approximate surface area is 133 Å². The molecule has 0 unspecified atom stereocenters. The highest BCUT2D eigenvalue weighted by molar-refractivity contribution is 9.10. The van der Waals surface area contributed by atoms with Crippen LogP contribution in [0.2, 0.25) is 0 Å². The van der Waals surface area contributed by atoms with Crippen LogP contribution in [0.5, 0.6) is 0 Å². The molecule has 2 N–H and O–H groups in total. The number of aromatic nitrogens is 4. The molecule has 0 amide bonds. The lowest BCUT2D eigenvalue weighted by Gasteiger charge is -2.34. The molecule has 2 aromatic rings. The van der Waals surface area contributed by atoms with Crippen molar-refractivity contribution in [3.63, 3.8) is 0 Å². The lowest BCUT2D eigenvalue weighted by atomic mass is 9.75. The predicted octanol–water partition coefficient (Wildman–Crippen LogP) is 3.83. The topological polar surface area (TPSA) is 69.6 Å². The second-order valence-electron chi connectivity index (χ2n) is 6.62. The first kappa shape index (κ1) is 14.5. The van der Waals surface area contributed by atoms with Gasteiger partial charge in [0.25, 0.3) is 0 Å². The summed E-state index contributed by atoms with van der Waals surface area (Å²) in [5, 5.41) is 12.3. The lowest BCUT2D eigenvalue weighted by molar-refractivity contribution is 0.185. The van der Waals surface area contributed by atoms with Crippen molar-refractivity contribution in [2.75, 3.05) is 5.73 Å². The number of tetrazole rings is 1. The highest BCUT2D eigenvalue weighted by Gasteiger charge is 2.29. The van der Waals surface area contributed by atoms with E-state index in [0.717, 1.165) is 28.7 Å². The third kappa shape index (κ3) is 3.10. The standard InChI is InChI=1S/C15H20BrN5/c1-15(2)5-3-13(4-6-15)21-14(18-19-20-21)10-7-11(16)9-12(17)8-10/h7-9,13H,3-6,17H2,1-2H3. The maximum Gasteiger partial charge on any atom is 0.182 e. The van der Waals surface area contributed by atoms with Gasteiger partial charge in [0.1, 0.15) is 0 Å². The molecule has 0 spiro atoms. The Balaban J connectivity index is 1.91. The summed E-state index contributed by atoms with van der Waals surface area (Å²) < 4.78 is 2.91. The van der Waals surface area contributed by atoms with Crippen LogP contribution in [-0.2, 0) is 0 Å². The van der Waals surface area contributed by atoms with Crippen molar-refractivity contribution >= 4 is 21.6 Å². The molecule has 1 aromatic heterocycles. The average molecular weight is 350 g/mol. The van der Waals surface area contributed by atoms with Crippen LogP contribution in [-0.4, -0.2) is 20.2 Å². The average Bonchev–Trinajstić information content (AvgIpc) is 2.86. The van der Waals surface area contributed by atoms with E-state index in [-0.39, 0.29) is 0 Å². The Kier molecular flexibility index (Phi) is 3.73. The van der Waals surface area contributed by atoms with Gasteiger partial charge in [0, 0.05) is 15.7 Å². The summed E-state index contributed by atoms with van der Waals surface area (Å²) in [6.07, 6.45) is 4.65. The van der Waals surface area contributed by atoms with Gasteiger partial charge in [0.05, 0.1) is 6.04 Å². The summed E-state index contributed by atoms with van der Waals surface area (Å²) in [6.45, 7) is 4.66. The van der Waals surface area contributed by atoms with Crippen molar-refractivity contribution < 1.29 is 0 Å². The van der Waals surface area contributed by atoms with E-state index in [1.54, 1.807) is 0 Å². The Morgan fingerprint density at radius 1 is 1.24 bits per heavy atom. The highest BCUT2D eigenvalue weighted by atomic mass is 79.9. The molecule has 0 atom stereocenters. The number of nitrogens with zero attached hydrogens (tertiary/aromatic N) is 4. The first-order valence-electron chi connectivity index (χ1n) is 7.29. The molecule has 0 saturated heterocycles. The first-order chi connectivity index (χ1) is 9.94. The summed E-state index contributed by atoms with van der Waals surface area (Å²) in [5.74, 6) is 0.799. The number of halogens is 1. The third-order valence-corrected chi connectivity index (χ3v) is 4.78. The Morgan fingerprint density at radius 2 is 1.95 bits per heavy atom. The number of hydrogen-bond acceptors (Lipinski definition) is 4. The van der Waals surface area contributed by atoms with Gasteiger partial charge >= 0.3 is 0 Å². The SMILES string of the molecule is CC1(C)CCC(n2nnnc2-c2cc(N)cc(Br)c2)CC1. The van der Waals surface area contributed by atoms with Crippen molar-refractivity contribution in [2.45, 2.75) is 45.6 Å². The van der Waals surface area contributed by atoms with Crippen LogP contribution in [0, 0.1) is 5.41 Å². The quantitative estimate of drug-likeness (QED) is 0.836. The zero-order valence-corrected chi connectivity index (χ0v) is 14.0. The molecule has 0 bridgehead atoms. The number of rotatable bonds is 2. The van der Waals surface area contributed by atoms with Gasteiger partial charge < -0.3 is 5.73 Å². The van der Waals surface area contributed by atoms with Crippen LogP contribution in [0.3, 0.4) is 0 Å². The lowest BCUT2D eigenvalue weighted by Crippen LogP contribution is -2.24. The monoisotopic (exact) mass is 349 g/mol. The predicted molar refractivity (Wildman–Crippen MR) is 86.7 cm³/mol. The van der Waals surface area contributed by atoms with Gasteiger partial charge in [-0.05, 0) is 59.7 Å². The van der Waals surface area contributed by atoms with Gasteiger partial charge in [-0.25, -0.2) is 4.68 Å². The van der Waals surface area contributed by atoms with Crippen molar-refractivity contribution in [3.8, 4) is 11.4 Å². The van der Waals surface area contributed by atoms with E-state index >= 15 is 0 Å². The minimum Gasteiger partial charge on any atom is -0.399 e. The van der Waals surface area contributed by atoms with Crippen molar-refractivity contribution in [1.29, 1.82) is 0 Å². The number of anilines is 1. The van der Waals surface area contributed by atoms with Crippen molar-refractivity contribution in [1.82, 2.24) is 20.2 Å². The molecule has 112 valence electrons. The molecule has 1 heterocycles. The second kappa shape index (κ2) is 5.40. The fourth-order valence-electron chi connectivity index (χ4n) is 3.00. The zero-order chi connectivity index (χ0) is 15.0. The third-order valence-electron chi connectivity index (χ3n) is 4.33. The summed E-state index contributed by atoms with van der Waals surface area (Å²) in [5.41, 5.74) is 8.02. The van der Waals surface area contributed by atoms with Crippen LogP contribution in [0.4, 0.5) is 5.69 Å². The second-order valence-corrected chi connectivity index (χ2v) is 7.53. The molecule has 1 aromatic carbocycles. The van der Waals surface area contributed by atoms with Gasteiger partial charge in [-0.3, -0.25) is 0 Å². The van der Waals surface area contributed by atoms with E-state index in [1.807, 2.05) is 22.9 Å². The Hall–Kier alpha value is -1.43. The van der Waals surface area contributed by atoms with Gasteiger partial charge in [-0.15, -0.1) is 5.10 Å². The number of nitrogen functional groups attached to an aromatic ring is 1. The summed E-state index contributed by atoms with van der Waals surface area (Å²) >= 11 is 3.48. The molecule has 1 saturated carbocycles. The molecule has 1 aliphatic rings. The van der Waals surface area contributed by atoms with Gasteiger partial charge in [0.2, 0.25) is 0 Å². The summed E-state index contributed by atoms with van der Waals surface area (Å²) in [4.78, 5) is 0. The summed E-state index contributed by atoms with van der Waals surface area (Å²) in [7, 11) is 0. The highest BCUT2D eigenvalue weighted by Crippen LogP contribution is 2.40. The first-order valence-corrected chi connectivity index (χ1v) is 8.08. The van der Waals surface area contributed by atoms with E-state index in [1.165, 1.54) is 12.8 Å². The number of benzene rings is 1. The molecule has 3 rings (SSSR count). The molecule has 1 fully saturated rings. The Morgan fingerprint density at radius 3 is 2.62 bits per heavy atom. The van der Waals surface area contributed by atoms with Crippen LogP contribution in [0.15, 0.2) is 22.7 Å². The van der Waals surface area contributed by atoms with Crippen LogP contribution < -0.4 is 5.73 Å². The summed E-state index contributed by atoms with van der Waals surface area (Å²) in [6, 6.07) is 6.18. The molecule has 0 aliphatic heterocycles. The Bertz CT molecular complexity index is 619. The smallest absolute Gasteiger partial charge is 0.182 e. The van der Waals surface area contributed by atoms with E-state index in [0.29, 0.717) is 17.1 Å². The van der Waals surface area contributed by atoms with Crippen LogP contribution in [0.25, 0.3) is 11.4 Å². The van der Waals surface area contributed by atoms with Crippen molar-refractivity contribution in [3.05, 3.63) is 22.7 Å². The zero-order valence-electron chi connectivity index (χ0n) is 12.4.